The third-order valence-electron chi connectivity index (χ3n) is 3.87. The molecule has 0 heterocycles. The second-order valence-electron chi connectivity index (χ2n) is 5.74. The summed E-state index contributed by atoms with van der Waals surface area (Å²) in [5, 5.41) is 4.44. The smallest absolute Gasteiger partial charge is 0.260 e. The van der Waals surface area contributed by atoms with Gasteiger partial charge in [0.15, 0.2) is 6.10 Å². The Morgan fingerprint density at radius 1 is 1.45 bits per heavy atom. The van der Waals surface area contributed by atoms with Gasteiger partial charge in [-0.15, -0.1) is 0 Å². The number of rotatable bonds is 7. The number of hydrogen-bond donors (Lipinski definition) is 1. The van der Waals surface area contributed by atoms with E-state index >= 15 is 0 Å². The van der Waals surface area contributed by atoms with Gasteiger partial charge in [-0.2, -0.15) is 11.8 Å². The van der Waals surface area contributed by atoms with Crippen LogP contribution in [0, 0.1) is 6.92 Å². The zero-order valence-corrected chi connectivity index (χ0v) is 14.8. The Morgan fingerprint density at radius 3 is 2.86 bits per heavy atom. The van der Waals surface area contributed by atoms with Gasteiger partial charge >= 0.3 is 0 Å². The minimum atomic E-state index is -0.503. The van der Waals surface area contributed by atoms with Crippen molar-refractivity contribution in [1.29, 1.82) is 0 Å². The summed E-state index contributed by atoms with van der Waals surface area (Å²) in [6.07, 6.45) is 4.87. The van der Waals surface area contributed by atoms with Crippen molar-refractivity contribution in [3.63, 3.8) is 0 Å². The molecule has 1 atom stereocenters. The van der Waals surface area contributed by atoms with Crippen LogP contribution in [0.25, 0.3) is 0 Å². The van der Waals surface area contributed by atoms with Crippen LogP contribution in [-0.4, -0.2) is 29.6 Å². The molecule has 0 bridgehead atoms. The van der Waals surface area contributed by atoms with Crippen LogP contribution in [0.3, 0.4) is 0 Å². The van der Waals surface area contributed by atoms with Gasteiger partial charge in [-0.1, -0.05) is 24.4 Å². The summed E-state index contributed by atoms with van der Waals surface area (Å²) >= 11 is 7.96. The summed E-state index contributed by atoms with van der Waals surface area (Å²) in [7, 11) is 0. The third kappa shape index (κ3) is 5.40. The molecule has 1 N–H and O–H groups in total. The SMILES string of the molecule is Cc1cc(O[C@H](C)C(=O)NCCSC2CCCC2)ccc1Cl. The van der Waals surface area contributed by atoms with Crippen molar-refractivity contribution in [2.24, 2.45) is 0 Å². The van der Waals surface area contributed by atoms with Gasteiger partial charge in [-0.25, -0.2) is 0 Å². The third-order valence-corrected chi connectivity index (χ3v) is 5.68. The van der Waals surface area contributed by atoms with E-state index in [4.69, 9.17) is 16.3 Å². The molecule has 0 radical (unpaired) electrons. The van der Waals surface area contributed by atoms with Crippen LogP contribution in [0.15, 0.2) is 18.2 Å². The molecule has 0 saturated heterocycles. The summed E-state index contributed by atoms with van der Waals surface area (Å²) in [6.45, 7) is 4.39. The normalized spacial score (nSPS) is 16.5. The molecule has 1 amide bonds. The first kappa shape index (κ1) is 17.5. The molecule has 1 aliphatic carbocycles. The average molecular weight is 342 g/mol. The van der Waals surface area contributed by atoms with Crippen molar-refractivity contribution in [2.75, 3.05) is 12.3 Å². The first-order valence-corrected chi connectivity index (χ1v) is 9.31. The highest BCUT2D eigenvalue weighted by Crippen LogP contribution is 2.28. The lowest BCUT2D eigenvalue weighted by Crippen LogP contribution is -2.37. The van der Waals surface area contributed by atoms with Gasteiger partial charge in [0, 0.05) is 22.6 Å². The monoisotopic (exact) mass is 341 g/mol. The molecule has 122 valence electrons. The van der Waals surface area contributed by atoms with E-state index in [1.807, 2.05) is 24.8 Å². The molecule has 0 spiro atoms. The van der Waals surface area contributed by atoms with Crippen LogP contribution in [0.5, 0.6) is 5.75 Å². The quantitative estimate of drug-likeness (QED) is 0.755. The molecular formula is C17H24ClNO2S. The first-order valence-electron chi connectivity index (χ1n) is 7.88. The van der Waals surface area contributed by atoms with Crippen molar-refractivity contribution in [1.82, 2.24) is 5.32 Å². The number of halogens is 1. The molecule has 3 nitrogen and oxygen atoms in total. The van der Waals surface area contributed by atoms with Gasteiger partial charge in [0.05, 0.1) is 0 Å². The number of hydrogen-bond acceptors (Lipinski definition) is 3. The van der Waals surface area contributed by atoms with Crippen LogP contribution < -0.4 is 10.1 Å². The molecule has 1 fully saturated rings. The van der Waals surface area contributed by atoms with E-state index in [0.717, 1.165) is 16.6 Å². The maximum Gasteiger partial charge on any atom is 0.260 e. The summed E-state index contributed by atoms with van der Waals surface area (Å²) < 4.78 is 5.66. The Labute approximate surface area is 142 Å². The maximum atomic E-state index is 12.0. The van der Waals surface area contributed by atoms with Crippen molar-refractivity contribution in [2.45, 2.75) is 50.9 Å². The predicted octanol–water partition coefficient (Wildman–Crippen LogP) is 4.21. The highest BCUT2D eigenvalue weighted by Gasteiger charge is 2.17. The van der Waals surface area contributed by atoms with E-state index in [0.29, 0.717) is 17.3 Å². The Morgan fingerprint density at radius 2 is 2.18 bits per heavy atom. The second-order valence-corrected chi connectivity index (χ2v) is 7.55. The minimum absolute atomic E-state index is 0.0698. The van der Waals surface area contributed by atoms with E-state index in [1.165, 1.54) is 25.7 Å². The number of carbonyl (C=O) groups excluding carboxylic acids is 1. The number of carbonyl (C=O) groups is 1. The van der Waals surface area contributed by atoms with Crippen LogP contribution in [-0.2, 0) is 4.79 Å². The minimum Gasteiger partial charge on any atom is -0.481 e. The van der Waals surface area contributed by atoms with Crippen molar-refractivity contribution in [3.05, 3.63) is 28.8 Å². The molecule has 0 unspecified atom stereocenters. The van der Waals surface area contributed by atoms with Crippen LogP contribution in [0.4, 0.5) is 0 Å². The Hall–Kier alpha value is -0.870. The number of nitrogens with one attached hydrogen (secondary N) is 1. The summed E-state index contributed by atoms with van der Waals surface area (Å²) in [6, 6.07) is 5.42. The van der Waals surface area contributed by atoms with Crippen LogP contribution >= 0.6 is 23.4 Å². The number of aryl methyl sites for hydroxylation is 1. The fraction of sp³-hybridized carbons (Fsp3) is 0.588. The van der Waals surface area contributed by atoms with Crippen molar-refractivity contribution >= 4 is 29.3 Å². The summed E-state index contributed by atoms with van der Waals surface area (Å²) in [5.74, 6) is 1.58. The molecule has 1 saturated carbocycles. The number of ether oxygens (including phenoxy) is 1. The maximum absolute atomic E-state index is 12.0. The van der Waals surface area contributed by atoms with Gasteiger partial charge in [0.1, 0.15) is 5.75 Å². The van der Waals surface area contributed by atoms with Gasteiger partial charge in [0.25, 0.3) is 5.91 Å². The lowest BCUT2D eigenvalue weighted by atomic mass is 10.2. The van der Waals surface area contributed by atoms with E-state index in [9.17, 15) is 4.79 Å². The van der Waals surface area contributed by atoms with Gasteiger partial charge in [-0.3, -0.25) is 4.79 Å². The van der Waals surface area contributed by atoms with Gasteiger partial charge in [0.2, 0.25) is 0 Å². The lowest BCUT2D eigenvalue weighted by molar-refractivity contribution is -0.127. The molecule has 1 aromatic rings. The number of benzene rings is 1. The van der Waals surface area contributed by atoms with Gasteiger partial charge < -0.3 is 10.1 Å². The summed E-state index contributed by atoms with van der Waals surface area (Å²) in [4.78, 5) is 12.0. The standard InChI is InChI=1S/C17H24ClNO2S/c1-12-11-14(7-8-16(12)18)21-13(2)17(20)19-9-10-22-15-5-3-4-6-15/h7-8,11,13,15H,3-6,9-10H2,1-2H3,(H,19,20)/t13-/m1/s1. The first-order chi connectivity index (χ1) is 10.6. The molecule has 5 heteroatoms. The molecular weight excluding hydrogens is 318 g/mol. The zero-order chi connectivity index (χ0) is 15.9. The molecule has 22 heavy (non-hydrogen) atoms. The van der Waals surface area contributed by atoms with E-state index in [1.54, 1.807) is 19.1 Å². The van der Waals surface area contributed by atoms with Crippen molar-refractivity contribution in [3.8, 4) is 5.75 Å². The molecule has 0 aromatic heterocycles. The predicted molar refractivity (Wildman–Crippen MR) is 94.0 cm³/mol. The molecule has 1 aromatic carbocycles. The van der Waals surface area contributed by atoms with Gasteiger partial charge in [-0.05, 0) is 50.5 Å². The Bertz CT molecular complexity index is 503. The lowest BCUT2D eigenvalue weighted by Gasteiger charge is -2.16. The topological polar surface area (TPSA) is 38.3 Å². The Balaban J connectivity index is 1.68. The van der Waals surface area contributed by atoms with Crippen LogP contribution in [0.1, 0.15) is 38.2 Å². The zero-order valence-electron chi connectivity index (χ0n) is 13.2. The largest absolute Gasteiger partial charge is 0.481 e. The average Bonchev–Trinajstić information content (AvgIpc) is 3.00. The molecule has 0 aliphatic heterocycles. The highest BCUT2D eigenvalue weighted by molar-refractivity contribution is 7.99. The molecule has 2 rings (SSSR count). The highest BCUT2D eigenvalue weighted by atomic mass is 35.5. The van der Waals surface area contributed by atoms with Crippen LogP contribution in [0.2, 0.25) is 5.02 Å². The van der Waals surface area contributed by atoms with E-state index in [-0.39, 0.29) is 5.91 Å². The fourth-order valence-electron chi connectivity index (χ4n) is 2.55. The second kappa shape index (κ2) is 8.68. The van der Waals surface area contributed by atoms with E-state index in [2.05, 4.69) is 5.32 Å². The fourth-order valence-corrected chi connectivity index (χ4v) is 3.88. The summed E-state index contributed by atoms with van der Waals surface area (Å²) in [5.41, 5.74) is 0.944. The van der Waals surface area contributed by atoms with Crippen molar-refractivity contribution < 1.29 is 9.53 Å². The Kier molecular flexibility index (Phi) is 6.90. The van der Waals surface area contributed by atoms with E-state index < -0.39 is 6.10 Å². The molecule has 1 aliphatic rings. The number of amides is 1. The number of thioether (sulfide) groups is 1.